The molecule has 26 heavy (non-hydrogen) atoms. The van der Waals surface area contributed by atoms with Crippen molar-refractivity contribution in [3.63, 3.8) is 0 Å². The van der Waals surface area contributed by atoms with Gasteiger partial charge in [0.05, 0.1) is 30.9 Å². The number of aromatic nitrogens is 1. The molecule has 2 aromatic carbocycles. The first-order valence-corrected chi connectivity index (χ1v) is 9.88. The summed E-state index contributed by atoms with van der Waals surface area (Å²) in [6.45, 7) is 3.60. The summed E-state index contributed by atoms with van der Waals surface area (Å²) in [6, 6.07) is 13.3. The number of nitrogens with zero attached hydrogens (tertiary/aromatic N) is 2. The number of benzene rings is 2. The van der Waals surface area contributed by atoms with Crippen molar-refractivity contribution in [1.29, 1.82) is 0 Å². The summed E-state index contributed by atoms with van der Waals surface area (Å²) in [5, 5.41) is 1.41. The molecule has 0 spiro atoms. The van der Waals surface area contributed by atoms with Crippen LogP contribution in [0.4, 0.5) is 5.13 Å². The highest BCUT2D eigenvalue weighted by molar-refractivity contribution is 7.22. The van der Waals surface area contributed by atoms with E-state index in [9.17, 15) is 4.79 Å². The lowest BCUT2D eigenvalue weighted by atomic mass is 10.1. The molecule has 0 saturated heterocycles. The van der Waals surface area contributed by atoms with E-state index in [4.69, 9.17) is 11.6 Å². The van der Waals surface area contributed by atoms with Gasteiger partial charge in [0, 0.05) is 23.6 Å². The molecule has 0 bridgehead atoms. The maximum Gasteiger partial charge on any atom is 0.260 e. The van der Waals surface area contributed by atoms with Crippen molar-refractivity contribution in [2.24, 2.45) is 0 Å². The van der Waals surface area contributed by atoms with E-state index in [2.05, 4.69) is 19.1 Å². The third kappa shape index (κ3) is 4.23. The number of anilines is 1. The minimum Gasteiger partial charge on any atom is -0.340 e. The Morgan fingerprint density at radius 1 is 1.23 bits per heavy atom. The van der Waals surface area contributed by atoms with Crippen LogP contribution in [0, 0.1) is 6.92 Å². The van der Waals surface area contributed by atoms with E-state index in [1.54, 1.807) is 0 Å². The first-order valence-electron chi connectivity index (χ1n) is 8.68. The lowest BCUT2D eigenvalue weighted by Gasteiger charge is -2.21. The topological polar surface area (TPSA) is 37.6 Å². The van der Waals surface area contributed by atoms with Crippen LogP contribution in [0.5, 0.6) is 0 Å². The predicted molar refractivity (Wildman–Crippen MR) is 110 cm³/mol. The Balaban J connectivity index is 1.96. The Morgan fingerprint density at radius 2 is 2.00 bits per heavy atom. The molecule has 1 aromatic heterocycles. The van der Waals surface area contributed by atoms with Crippen LogP contribution in [0.15, 0.2) is 42.5 Å². The second kappa shape index (κ2) is 8.16. The molecule has 3 aromatic rings. The molecule has 0 atom stereocenters. The highest BCUT2D eigenvalue weighted by Crippen LogP contribution is 2.31. The van der Waals surface area contributed by atoms with Gasteiger partial charge in [0.15, 0.2) is 5.13 Å². The predicted octanol–water partition coefficient (Wildman–Crippen LogP) is 3.44. The smallest absolute Gasteiger partial charge is 0.260 e. The van der Waals surface area contributed by atoms with Crippen LogP contribution in [-0.4, -0.2) is 38.1 Å². The lowest BCUT2D eigenvalue weighted by molar-refractivity contribution is -0.858. The van der Waals surface area contributed by atoms with E-state index in [0.29, 0.717) is 11.6 Å². The number of quaternary nitrogens is 1. The van der Waals surface area contributed by atoms with Crippen molar-refractivity contribution in [2.45, 2.75) is 13.3 Å². The summed E-state index contributed by atoms with van der Waals surface area (Å²) in [7, 11) is 4.24. The van der Waals surface area contributed by atoms with Gasteiger partial charge in [-0.1, -0.05) is 41.1 Å². The second-order valence-corrected chi connectivity index (χ2v) is 8.14. The number of aryl methyl sites for hydroxylation is 1. The Hall–Kier alpha value is -1.95. The third-order valence-electron chi connectivity index (χ3n) is 4.25. The zero-order valence-corrected chi connectivity index (χ0v) is 16.8. The number of hydrogen-bond acceptors (Lipinski definition) is 3. The van der Waals surface area contributed by atoms with E-state index >= 15 is 0 Å². The summed E-state index contributed by atoms with van der Waals surface area (Å²) >= 11 is 7.61. The number of carbonyl (C=O) groups is 1. The SMILES string of the molecule is Cc1ccccc1C(=O)N(CCC[NH+](C)C)c1nc2ccc(Cl)cc2s1. The standard InChI is InChI=1S/C20H22ClN3OS/c1-14-7-4-5-8-16(14)19(25)24(12-6-11-23(2)3)20-22-17-10-9-15(21)13-18(17)26-20/h4-5,7-10,13H,6,11-12H2,1-3H3/p+1. The van der Waals surface area contributed by atoms with E-state index < -0.39 is 0 Å². The molecule has 0 saturated carbocycles. The summed E-state index contributed by atoms with van der Waals surface area (Å²) in [5.41, 5.74) is 2.57. The minimum absolute atomic E-state index is 0.00186. The Kier molecular flexibility index (Phi) is 5.91. The molecule has 4 nitrogen and oxygen atoms in total. The first-order chi connectivity index (χ1) is 12.5. The van der Waals surface area contributed by atoms with E-state index in [-0.39, 0.29) is 5.91 Å². The second-order valence-electron chi connectivity index (χ2n) is 6.69. The minimum atomic E-state index is 0.00186. The Bertz CT molecular complexity index is 922. The number of fused-ring (bicyclic) bond motifs is 1. The van der Waals surface area contributed by atoms with Crippen molar-refractivity contribution in [3.8, 4) is 0 Å². The molecule has 1 heterocycles. The molecule has 6 heteroatoms. The fourth-order valence-corrected chi connectivity index (χ4v) is 4.10. The van der Waals surface area contributed by atoms with Gasteiger partial charge < -0.3 is 4.90 Å². The number of thiazole rings is 1. The molecule has 0 unspecified atom stereocenters. The van der Waals surface area contributed by atoms with Gasteiger partial charge in [-0.15, -0.1) is 0 Å². The molecule has 3 rings (SSSR count). The van der Waals surface area contributed by atoms with E-state index in [1.807, 2.05) is 54.3 Å². The number of hydrogen-bond donors (Lipinski definition) is 1. The Labute approximate surface area is 163 Å². The zero-order valence-electron chi connectivity index (χ0n) is 15.3. The van der Waals surface area contributed by atoms with E-state index in [1.165, 1.54) is 16.2 Å². The number of carbonyl (C=O) groups excluding carboxylic acids is 1. The summed E-state index contributed by atoms with van der Waals surface area (Å²) in [6.07, 6.45) is 0.913. The zero-order chi connectivity index (χ0) is 18.7. The van der Waals surface area contributed by atoms with Gasteiger partial charge in [0.1, 0.15) is 0 Å². The maximum atomic E-state index is 13.2. The van der Waals surface area contributed by atoms with Crippen LogP contribution < -0.4 is 9.80 Å². The maximum absolute atomic E-state index is 13.2. The molecular formula is C20H23ClN3OS+. The molecular weight excluding hydrogens is 366 g/mol. The average molecular weight is 389 g/mol. The highest BCUT2D eigenvalue weighted by atomic mass is 35.5. The molecule has 1 N–H and O–H groups in total. The van der Waals surface area contributed by atoms with Crippen molar-refractivity contribution in [3.05, 3.63) is 58.6 Å². The van der Waals surface area contributed by atoms with Crippen molar-refractivity contribution < 1.29 is 9.69 Å². The Morgan fingerprint density at radius 3 is 2.73 bits per heavy atom. The van der Waals surface area contributed by atoms with Crippen molar-refractivity contribution in [2.75, 3.05) is 32.1 Å². The van der Waals surface area contributed by atoms with Crippen LogP contribution in [-0.2, 0) is 0 Å². The van der Waals surface area contributed by atoms with E-state index in [0.717, 1.165) is 39.4 Å². The molecule has 136 valence electrons. The monoisotopic (exact) mass is 388 g/mol. The quantitative estimate of drug-likeness (QED) is 0.702. The number of nitrogens with one attached hydrogen (secondary N) is 1. The average Bonchev–Trinajstić information content (AvgIpc) is 3.01. The molecule has 0 aliphatic carbocycles. The third-order valence-corrected chi connectivity index (χ3v) is 5.53. The fraction of sp³-hybridized carbons (Fsp3) is 0.300. The largest absolute Gasteiger partial charge is 0.340 e. The van der Waals surface area contributed by atoms with Crippen molar-refractivity contribution in [1.82, 2.24) is 4.98 Å². The molecule has 0 aliphatic heterocycles. The molecule has 0 radical (unpaired) electrons. The summed E-state index contributed by atoms with van der Waals surface area (Å²) < 4.78 is 0.994. The first kappa shape index (κ1) is 18.8. The van der Waals surface area contributed by atoms with Gasteiger partial charge in [0.2, 0.25) is 0 Å². The molecule has 1 amide bonds. The number of amides is 1. The van der Waals surface area contributed by atoms with Gasteiger partial charge >= 0.3 is 0 Å². The number of rotatable bonds is 6. The van der Waals surface area contributed by atoms with Crippen LogP contribution in [0.25, 0.3) is 10.2 Å². The van der Waals surface area contributed by atoms with Gasteiger partial charge in [-0.25, -0.2) is 4.98 Å². The van der Waals surface area contributed by atoms with Crippen LogP contribution in [0.2, 0.25) is 5.02 Å². The van der Waals surface area contributed by atoms with Gasteiger partial charge in [-0.3, -0.25) is 9.69 Å². The van der Waals surface area contributed by atoms with Crippen LogP contribution >= 0.6 is 22.9 Å². The van der Waals surface area contributed by atoms with Crippen molar-refractivity contribution >= 4 is 44.2 Å². The van der Waals surface area contributed by atoms with Gasteiger partial charge in [0.25, 0.3) is 5.91 Å². The van der Waals surface area contributed by atoms with Crippen LogP contribution in [0.3, 0.4) is 0 Å². The van der Waals surface area contributed by atoms with Gasteiger partial charge in [-0.05, 0) is 36.8 Å². The van der Waals surface area contributed by atoms with Crippen LogP contribution in [0.1, 0.15) is 22.3 Å². The number of halogens is 1. The van der Waals surface area contributed by atoms with Gasteiger partial charge in [-0.2, -0.15) is 0 Å². The summed E-state index contributed by atoms with van der Waals surface area (Å²) in [4.78, 5) is 21.1. The summed E-state index contributed by atoms with van der Waals surface area (Å²) in [5.74, 6) is 0.00186. The normalized spacial score (nSPS) is 11.3. The molecule has 0 fully saturated rings. The molecule has 0 aliphatic rings. The lowest BCUT2D eigenvalue weighted by Crippen LogP contribution is -3.05. The fourth-order valence-electron chi connectivity index (χ4n) is 2.83. The highest BCUT2D eigenvalue weighted by Gasteiger charge is 2.22.